The van der Waals surface area contributed by atoms with Crippen LogP contribution in [0.25, 0.3) is 0 Å². The van der Waals surface area contributed by atoms with Gasteiger partial charge in [-0.25, -0.2) is 0 Å². The Kier molecular flexibility index (Phi) is 13.6. The Balaban J connectivity index is 1.90. The van der Waals surface area contributed by atoms with Gasteiger partial charge in [0.2, 0.25) is 0 Å². The second-order valence-electron chi connectivity index (χ2n) is 7.41. The lowest BCUT2D eigenvalue weighted by Gasteiger charge is -2.07. The number of benzene rings is 1. The minimum absolute atomic E-state index is 0.200. The maximum Gasteiger partial charge on any atom is 0.303 e. The molecule has 0 fully saturated rings. The fraction of sp³-hybridized carbons (Fsp3) is 0.696. The normalized spacial score (nSPS) is 10.8. The maximum atomic E-state index is 10.6. The summed E-state index contributed by atoms with van der Waals surface area (Å²) < 4.78 is 0. The van der Waals surface area contributed by atoms with Gasteiger partial charge in [-0.3, -0.25) is 4.79 Å². The van der Waals surface area contributed by atoms with Gasteiger partial charge >= 0.3 is 5.97 Å². The first-order chi connectivity index (χ1) is 12.7. The summed E-state index contributed by atoms with van der Waals surface area (Å²) in [6, 6.07) is 8.15. The number of carboxylic acids is 1. The zero-order chi connectivity index (χ0) is 18.9. The fourth-order valence-corrected chi connectivity index (χ4v) is 3.24. The molecular weight excluding hydrogens is 322 g/mol. The lowest BCUT2D eigenvalue weighted by atomic mass is 10.1. The number of carboxylic acid groups (broad SMARTS) is 1. The number of carbonyl (C=O) groups is 1. The Morgan fingerprint density at radius 1 is 0.808 bits per heavy atom. The summed E-state index contributed by atoms with van der Waals surface area (Å²) in [5.74, 6) is -0.737. The Labute approximate surface area is 160 Å². The first-order valence-corrected chi connectivity index (χ1v) is 10.8. The zero-order valence-corrected chi connectivity index (χ0v) is 16.8. The van der Waals surface area contributed by atoms with E-state index in [1.807, 2.05) is 12.1 Å². The van der Waals surface area contributed by atoms with E-state index in [9.17, 15) is 4.79 Å². The number of anilines is 1. The molecule has 0 saturated carbocycles. The predicted octanol–water partition coefficient (Wildman–Crippen LogP) is 6.82. The van der Waals surface area contributed by atoms with Gasteiger partial charge in [-0.05, 0) is 30.5 Å². The van der Waals surface area contributed by atoms with Crippen LogP contribution in [0.5, 0.6) is 0 Å². The van der Waals surface area contributed by atoms with Gasteiger partial charge in [-0.2, -0.15) is 0 Å². The number of aryl methyl sites for hydroxylation is 1. The molecule has 0 aliphatic carbocycles. The number of unbranched alkanes of at least 4 members (excludes halogenated alkanes) is 11. The second kappa shape index (κ2) is 15.7. The molecule has 148 valence electrons. The van der Waals surface area contributed by atoms with Gasteiger partial charge in [0, 0.05) is 18.7 Å². The predicted molar refractivity (Wildman–Crippen MR) is 112 cm³/mol. The third-order valence-electron chi connectivity index (χ3n) is 4.94. The number of aliphatic carboxylic acids is 1. The average Bonchev–Trinajstić information content (AvgIpc) is 2.64. The van der Waals surface area contributed by atoms with Crippen molar-refractivity contribution in [3.8, 4) is 0 Å². The van der Waals surface area contributed by atoms with Gasteiger partial charge in [0.25, 0.3) is 0 Å². The Morgan fingerprint density at radius 2 is 1.31 bits per heavy atom. The summed E-state index contributed by atoms with van der Waals surface area (Å²) in [6.45, 7) is 3.29. The number of hydrogen-bond donors (Lipinski definition) is 2. The number of rotatable bonds is 17. The van der Waals surface area contributed by atoms with Crippen molar-refractivity contribution >= 4 is 11.7 Å². The largest absolute Gasteiger partial charge is 0.481 e. The van der Waals surface area contributed by atoms with E-state index < -0.39 is 5.97 Å². The molecule has 26 heavy (non-hydrogen) atoms. The lowest BCUT2D eigenvalue weighted by Crippen LogP contribution is -2.02. The Morgan fingerprint density at radius 3 is 1.81 bits per heavy atom. The molecule has 0 heterocycles. The van der Waals surface area contributed by atoms with E-state index in [-0.39, 0.29) is 6.42 Å². The van der Waals surface area contributed by atoms with Crippen molar-refractivity contribution in [2.75, 3.05) is 11.9 Å². The summed E-state index contributed by atoms with van der Waals surface area (Å²) in [4.78, 5) is 10.6. The standard InChI is InChI=1S/C23H39NO2/c1-2-3-4-5-6-7-8-9-10-11-12-13-20-24-22-17-14-21(15-18-22)16-19-23(25)26/h14-15,17-18,24H,2-13,16,19-20H2,1H3,(H,25,26). The third-order valence-corrected chi connectivity index (χ3v) is 4.94. The van der Waals surface area contributed by atoms with Crippen LogP contribution >= 0.6 is 0 Å². The first-order valence-electron chi connectivity index (χ1n) is 10.8. The van der Waals surface area contributed by atoms with E-state index in [0.717, 1.165) is 17.8 Å². The van der Waals surface area contributed by atoms with Crippen molar-refractivity contribution in [2.45, 2.75) is 96.8 Å². The second-order valence-corrected chi connectivity index (χ2v) is 7.41. The minimum Gasteiger partial charge on any atom is -0.481 e. The molecule has 0 aliphatic rings. The van der Waals surface area contributed by atoms with Crippen LogP contribution in [0.3, 0.4) is 0 Å². The van der Waals surface area contributed by atoms with Crippen molar-refractivity contribution in [1.29, 1.82) is 0 Å². The molecule has 0 aromatic heterocycles. The van der Waals surface area contributed by atoms with E-state index in [2.05, 4.69) is 24.4 Å². The summed E-state index contributed by atoms with van der Waals surface area (Å²) in [5.41, 5.74) is 2.22. The smallest absolute Gasteiger partial charge is 0.303 e. The van der Waals surface area contributed by atoms with Crippen LogP contribution in [0.4, 0.5) is 5.69 Å². The zero-order valence-electron chi connectivity index (χ0n) is 16.8. The van der Waals surface area contributed by atoms with Crippen LogP contribution in [0, 0.1) is 0 Å². The highest BCUT2D eigenvalue weighted by Crippen LogP contribution is 2.13. The maximum absolute atomic E-state index is 10.6. The molecule has 0 aliphatic heterocycles. The van der Waals surface area contributed by atoms with E-state index in [1.165, 1.54) is 77.0 Å². The average molecular weight is 362 g/mol. The minimum atomic E-state index is -0.737. The van der Waals surface area contributed by atoms with Crippen LogP contribution < -0.4 is 5.32 Å². The monoisotopic (exact) mass is 361 g/mol. The van der Waals surface area contributed by atoms with E-state index >= 15 is 0 Å². The quantitative estimate of drug-likeness (QED) is 0.299. The molecular formula is C23H39NO2. The Hall–Kier alpha value is -1.51. The van der Waals surface area contributed by atoms with Crippen LogP contribution in [-0.2, 0) is 11.2 Å². The Bertz CT molecular complexity index is 456. The van der Waals surface area contributed by atoms with Crippen molar-refractivity contribution in [3.05, 3.63) is 29.8 Å². The van der Waals surface area contributed by atoms with Gasteiger partial charge in [-0.15, -0.1) is 0 Å². The van der Waals surface area contributed by atoms with Crippen LogP contribution in [-0.4, -0.2) is 17.6 Å². The van der Waals surface area contributed by atoms with E-state index in [1.54, 1.807) is 0 Å². The highest BCUT2D eigenvalue weighted by atomic mass is 16.4. The SMILES string of the molecule is CCCCCCCCCCCCCCNc1ccc(CCC(=O)O)cc1. The van der Waals surface area contributed by atoms with Gasteiger partial charge in [0.15, 0.2) is 0 Å². The molecule has 0 saturated heterocycles. The molecule has 0 radical (unpaired) electrons. The van der Waals surface area contributed by atoms with Crippen molar-refractivity contribution < 1.29 is 9.90 Å². The van der Waals surface area contributed by atoms with E-state index in [0.29, 0.717) is 6.42 Å². The summed E-state index contributed by atoms with van der Waals surface area (Å²) in [7, 11) is 0. The summed E-state index contributed by atoms with van der Waals surface area (Å²) in [6.07, 6.45) is 17.3. The molecule has 1 aromatic carbocycles. The molecule has 2 N–H and O–H groups in total. The van der Waals surface area contributed by atoms with Crippen LogP contribution in [0.1, 0.15) is 96.0 Å². The fourth-order valence-electron chi connectivity index (χ4n) is 3.24. The number of hydrogen-bond acceptors (Lipinski definition) is 2. The summed E-state index contributed by atoms with van der Waals surface area (Å²) in [5, 5.41) is 12.2. The molecule has 1 aromatic rings. The third kappa shape index (κ3) is 12.8. The van der Waals surface area contributed by atoms with Crippen molar-refractivity contribution in [1.82, 2.24) is 0 Å². The molecule has 0 unspecified atom stereocenters. The lowest BCUT2D eigenvalue weighted by molar-refractivity contribution is -0.136. The highest BCUT2D eigenvalue weighted by Gasteiger charge is 1.99. The van der Waals surface area contributed by atoms with Crippen LogP contribution in [0.2, 0.25) is 0 Å². The van der Waals surface area contributed by atoms with Gasteiger partial charge in [-0.1, -0.05) is 89.7 Å². The van der Waals surface area contributed by atoms with Crippen LogP contribution in [0.15, 0.2) is 24.3 Å². The molecule has 3 nitrogen and oxygen atoms in total. The molecule has 3 heteroatoms. The molecule has 1 rings (SSSR count). The van der Waals surface area contributed by atoms with Gasteiger partial charge < -0.3 is 10.4 Å². The van der Waals surface area contributed by atoms with Crippen molar-refractivity contribution in [3.63, 3.8) is 0 Å². The van der Waals surface area contributed by atoms with E-state index in [4.69, 9.17) is 5.11 Å². The molecule has 0 spiro atoms. The van der Waals surface area contributed by atoms with Gasteiger partial charge in [0.1, 0.15) is 0 Å². The first kappa shape index (κ1) is 22.5. The topological polar surface area (TPSA) is 49.3 Å². The van der Waals surface area contributed by atoms with Crippen molar-refractivity contribution in [2.24, 2.45) is 0 Å². The molecule has 0 amide bonds. The number of nitrogens with one attached hydrogen (secondary N) is 1. The molecule has 0 bridgehead atoms. The molecule has 0 atom stereocenters. The summed E-state index contributed by atoms with van der Waals surface area (Å²) >= 11 is 0. The highest BCUT2D eigenvalue weighted by molar-refractivity contribution is 5.67. The van der Waals surface area contributed by atoms with Gasteiger partial charge in [0.05, 0.1) is 0 Å².